The van der Waals surface area contributed by atoms with E-state index in [2.05, 4.69) is 5.32 Å². The monoisotopic (exact) mass is 413 g/mol. The molecule has 1 N–H and O–H groups in total. The standard InChI is InChI=1S/C22H24FN3O4/c1-25(15-20(27)24-10-11-30-18-9-5-8-17(23)12-18)19-13-21(28)26(22(19)29)14-16-6-3-2-4-7-16/h2-9,12,19H,10-11,13-15H2,1H3,(H,24,27)/t19-/m0/s1. The molecule has 0 bridgehead atoms. The van der Waals surface area contributed by atoms with Crippen molar-refractivity contribution < 1.29 is 23.5 Å². The average Bonchev–Trinajstić information content (AvgIpc) is 3.00. The second kappa shape index (κ2) is 9.98. The lowest BCUT2D eigenvalue weighted by Gasteiger charge is -2.22. The van der Waals surface area contributed by atoms with Crippen LogP contribution in [0.15, 0.2) is 54.6 Å². The molecule has 3 rings (SSSR count). The van der Waals surface area contributed by atoms with Crippen LogP contribution in [-0.4, -0.2) is 60.3 Å². The van der Waals surface area contributed by atoms with Gasteiger partial charge in [-0.15, -0.1) is 0 Å². The van der Waals surface area contributed by atoms with Crippen molar-refractivity contribution in [1.29, 1.82) is 0 Å². The van der Waals surface area contributed by atoms with Crippen LogP contribution in [0.2, 0.25) is 0 Å². The van der Waals surface area contributed by atoms with Gasteiger partial charge in [-0.3, -0.25) is 24.2 Å². The third-order valence-electron chi connectivity index (χ3n) is 4.82. The van der Waals surface area contributed by atoms with Crippen LogP contribution < -0.4 is 10.1 Å². The number of likely N-dealkylation sites (tertiary alicyclic amines) is 1. The zero-order valence-corrected chi connectivity index (χ0v) is 16.7. The van der Waals surface area contributed by atoms with E-state index in [0.29, 0.717) is 5.75 Å². The number of benzene rings is 2. The molecular formula is C22H24FN3O4. The quantitative estimate of drug-likeness (QED) is 0.499. The molecule has 1 fully saturated rings. The van der Waals surface area contributed by atoms with E-state index in [-0.39, 0.29) is 50.4 Å². The number of amides is 3. The van der Waals surface area contributed by atoms with Crippen LogP contribution in [0.4, 0.5) is 4.39 Å². The van der Waals surface area contributed by atoms with Gasteiger partial charge in [-0.1, -0.05) is 36.4 Å². The Morgan fingerprint density at radius 2 is 1.97 bits per heavy atom. The molecule has 1 aliphatic heterocycles. The van der Waals surface area contributed by atoms with Crippen LogP contribution in [0.5, 0.6) is 5.75 Å². The first-order valence-electron chi connectivity index (χ1n) is 9.67. The maximum Gasteiger partial charge on any atom is 0.247 e. The first-order chi connectivity index (χ1) is 14.4. The van der Waals surface area contributed by atoms with E-state index in [1.807, 2.05) is 30.3 Å². The van der Waals surface area contributed by atoms with Gasteiger partial charge in [0.25, 0.3) is 0 Å². The molecule has 1 saturated heterocycles. The number of likely N-dealkylation sites (N-methyl/N-ethyl adjacent to an activating group) is 1. The SMILES string of the molecule is CN(CC(=O)NCCOc1cccc(F)c1)[C@H]1CC(=O)N(Cc2ccccc2)C1=O. The van der Waals surface area contributed by atoms with Gasteiger partial charge in [-0.05, 0) is 24.7 Å². The molecule has 158 valence electrons. The molecule has 1 atom stereocenters. The maximum absolute atomic E-state index is 13.1. The molecule has 0 spiro atoms. The van der Waals surface area contributed by atoms with Crippen molar-refractivity contribution in [1.82, 2.24) is 15.1 Å². The number of hydrogen-bond acceptors (Lipinski definition) is 5. The van der Waals surface area contributed by atoms with E-state index in [9.17, 15) is 18.8 Å². The summed E-state index contributed by atoms with van der Waals surface area (Å²) in [6.07, 6.45) is 0.0537. The van der Waals surface area contributed by atoms with Gasteiger partial charge in [-0.2, -0.15) is 0 Å². The van der Waals surface area contributed by atoms with Crippen LogP contribution in [0, 0.1) is 5.82 Å². The minimum Gasteiger partial charge on any atom is -0.492 e. The number of nitrogens with one attached hydrogen (secondary N) is 1. The normalized spacial score (nSPS) is 16.2. The number of ether oxygens (including phenoxy) is 1. The molecule has 8 heteroatoms. The third kappa shape index (κ3) is 5.64. The maximum atomic E-state index is 13.1. The number of carbonyl (C=O) groups excluding carboxylic acids is 3. The fourth-order valence-corrected chi connectivity index (χ4v) is 3.25. The molecule has 30 heavy (non-hydrogen) atoms. The van der Waals surface area contributed by atoms with E-state index >= 15 is 0 Å². The average molecular weight is 413 g/mol. The lowest BCUT2D eigenvalue weighted by atomic mass is 10.2. The summed E-state index contributed by atoms with van der Waals surface area (Å²) in [5, 5.41) is 2.69. The third-order valence-corrected chi connectivity index (χ3v) is 4.82. The van der Waals surface area contributed by atoms with Gasteiger partial charge < -0.3 is 10.1 Å². The molecule has 0 unspecified atom stereocenters. The summed E-state index contributed by atoms with van der Waals surface area (Å²) < 4.78 is 18.5. The van der Waals surface area contributed by atoms with E-state index in [0.717, 1.165) is 5.56 Å². The number of nitrogens with zero attached hydrogens (tertiary/aromatic N) is 2. The number of imide groups is 1. The zero-order valence-electron chi connectivity index (χ0n) is 16.7. The lowest BCUT2D eigenvalue weighted by molar-refractivity contribution is -0.140. The summed E-state index contributed by atoms with van der Waals surface area (Å²) in [5.74, 6) is -0.842. The van der Waals surface area contributed by atoms with Gasteiger partial charge in [0, 0.05) is 6.07 Å². The molecule has 1 heterocycles. The fraction of sp³-hybridized carbons (Fsp3) is 0.318. The van der Waals surface area contributed by atoms with E-state index in [4.69, 9.17) is 4.74 Å². The van der Waals surface area contributed by atoms with E-state index in [1.165, 1.54) is 17.0 Å². The molecular weight excluding hydrogens is 389 g/mol. The minimum absolute atomic E-state index is 0.0250. The molecule has 2 aromatic carbocycles. The molecule has 0 radical (unpaired) electrons. The van der Waals surface area contributed by atoms with Crippen molar-refractivity contribution >= 4 is 17.7 Å². The highest BCUT2D eigenvalue weighted by Gasteiger charge is 2.40. The number of rotatable bonds is 9. The Balaban J connectivity index is 1.43. The topological polar surface area (TPSA) is 79.0 Å². The second-order valence-electron chi connectivity index (χ2n) is 7.09. The zero-order chi connectivity index (χ0) is 21.5. The Morgan fingerprint density at radius 3 is 2.70 bits per heavy atom. The van der Waals surface area contributed by atoms with Crippen molar-refractivity contribution in [2.75, 3.05) is 26.7 Å². The number of carbonyl (C=O) groups is 3. The molecule has 0 saturated carbocycles. The van der Waals surface area contributed by atoms with Crippen molar-refractivity contribution in [3.05, 3.63) is 66.0 Å². The molecule has 1 aliphatic rings. The summed E-state index contributed by atoms with van der Waals surface area (Å²) in [5.41, 5.74) is 0.874. The second-order valence-corrected chi connectivity index (χ2v) is 7.09. The first kappa shape index (κ1) is 21.4. The Bertz CT molecular complexity index is 906. The Kier molecular flexibility index (Phi) is 7.13. The summed E-state index contributed by atoms with van der Waals surface area (Å²) >= 11 is 0. The van der Waals surface area contributed by atoms with Crippen LogP contribution in [0.25, 0.3) is 0 Å². The van der Waals surface area contributed by atoms with Gasteiger partial charge in [-0.25, -0.2) is 4.39 Å². The summed E-state index contributed by atoms with van der Waals surface area (Å²) in [4.78, 5) is 39.9. The van der Waals surface area contributed by atoms with Crippen LogP contribution >= 0.6 is 0 Å². The predicted molar refractivity (Wildman–Crippen MR) is 108 cm³/mol. The minimum atomic E-state index is -0.657. The van der Waals surface area contributed by atoms with Crippen LogP contribution in [0.3, 0.4) is 0 Å². The van der Waals surface area contributed by atoms with Gasteiger partial charge in [0.1, 0.15) is 18.2 Å². The molecule has 3 amide bonds. The fourth-order valence-electron chi connectivity index (χ4n) is 3.25. The molecule has 0 aromatic heterocycles. The highest BCUT2D eigenvalue weighted by Crippen LogP contribution is 2.20. The summed E-state index contributed by atoms with van der Waals surface area (Å²) in [7, 11) is 1.64. The van der Waals surface area contributed by atoms with Crippen molar-refractivity contribution in [3.8, 4) is 5.75 Å². The number of hydrogen-bond donors (Lipinski definition) is 1. The lowest BCUT2D eigenvalue weighted by Crippen LogP contribution is -2.45. The molecule has 0 aliphatic carbocycles. The van der Waals surface area contributed by atoms with E-state index < -0.39 is 11.9 Å². The Morgan fingerprint density at radius 1 is 1.20 bits per heavy atom. The van der Waals surface area contributed by atoms with Crippen molar-refractivity contribution in [2.45, 2.75) is 19.0 Å². The van der Waals surface area contributed by atoms with E-state index in [1.54, 1.807) is 24.1 Å². The predicted octanol–water partition coefficient (Wildman–Crippen LogP) is 1.58. The Labute approximate surface area is 174 Å². The smallest absolute Gasteiger partial charge is 0.247 e. The van der Waals surface area contributed by atoms with Crippen LogP contribution in [-0.2, 0) is 20.9 Å². The van der Waals surface area contributed by atoms with Gasteiger partial charge in [0.15, 0.2) is 0 Å². The highest BCUT2D eigenvalue weighted by atomic mass is 19.1. The largest absolute Gasteiger partial charge is 0.492 e. The number of halogens is 1. The summed E-state index contributed by atoms with van der Waals surface area (Å²) in [6.45, 7) is 0.626. The molecule has 7 nitrogen and oxygen atoms in total. The van der Waals surface area contributed by atoms with Crippen molar-refractivity contribution in [3.63, 3.8) is 0 Å². The first-order valence-corrected chi connectivity index (χ1v) is 9.67. The highest BCUT2D eigenvalue weighted by molar-refractivity contribution is 6.05. The molecule has 2 aromatic rings. The summed E-state index contributed by atoms with van der Waals surface area (Å²) in [6, 6.07) is 14.4. The van der Waals surface area contributed by atoms with Gasteiger partial charge in [0.2, 0.25) is 17.7 Å². The van der Waals surface area contributed by atoms with Gasteiger partial charge >= 0.3 is 0 Å². The van der Waals surface area contributed by atoms with Crippen molar-refractivity contribution in [2.24, 2.45) is 0 Å². The Hall–Kier alpha value is -3.26. The van der Waals surface area contributed by atoms with Crippen LogP contribution in [0.1, 0.15) is 12.0 Å². The van der Waals surface area contributed by atoms with Gasteiger partial charge in [0.05, 0.1) is 32.1 Å².